The minimum absolute atomic E-state index is 0.0514. The van der Waals surface area contributed by atoms with Crippen LogP contribution in [0.1, 0.15) is 31.3 Å². The van der Waals surface area contributed by atoms with Crippen LogP contribution < -0.4 is 9.80 Å². The number of tetrazole rings is 1. The van der Waals surface area contributed by atoms with E-state index in [0.29, 0.717) is 37.7 Å². The smallest absolute Gasteiger partial charge is 0.416 e. The summed E-state index contributed by atoms with van der Waals surface area (Å²) in [5, 5.41) is 11.6. The van der Waals surface area contributed by atoms with Crippen LogP contribution in [-0.4, -0.2) is 59.0 Å². The molecule has 1 aromatic carbocycles. The summed E-state index contributed by atoms with van der Waals surface area (Å²) in [6.45, 7) is 6.59. The average Bonchev–Trinajstić information content (AvgIpc) is 3.15. The second-order valence-electron chi connectivity index (χ2n) is 6.91. The molecule has 1 aliphatic rings. The number of carbonyl (C=O) groups excluding carboxylic acids is 1. The number of benzene rings is 1. The van der Waals surface area contributed by atoms with Crippen molar-refractivity contribution in [2.75, 3.05) is 37.7 Å². The molecule has 0 bridgehead atoms. The van der Waals surface area contributed by atoms with E-state index in [1.807, 2.05) is 11.8 Å². The molecule has 0 unspecified atom stereocenters. The summed E-state index contributed by atoms with van der Waals surface area (Å²) in [6, 6.07) is 5.33. The second-order valence-corrected chi connectivity index (χ2v) is 6.91. The van der Waals surface area contributed by atoms with Crippen LogP contribution in [0.5, 0.6) is 0 Å². The molecule has 1 aliphatic heterocycles. The number of alkyl halides is 3. The van der Waals surface area contributed by atoms with Gasteiger partial charge in [0.25, 0.3) is 0 Å². The Morgan fingerprint density at radius 3 is 2.69 bits per heavy atom. The fraction of sp³-hybridized carbons (Fsp3) is 0.556. The van der Waals surface area contributed by atoms with E-state index >= 15 is 0 Å². The van der Waals surface area contributed by atoms with E-state index in [2.05, 4.69) is 15.5 Å². The molecular formula is C18H24F3N6O2+. The van der Waals surface area contributed by atoms with Gasteiger partial charge in [-0.3, -0.25) is 4.79 Å². The number of hydrogen-bond donors (Lipinski definition) is 1. The summed E-state index contributed by atoms with van der Waals surface area (Å²) in [7, 11) is 0. The molecule has 2 heterocycles. The van der Waals surface area contributed by atoms with Gasteiger partial charge in [-0.1, -0.05) is 6.07 Å². The summed E-state index contributed by atoms with van der Waals surface area (Å²) in [4.78, 5) is 14.9. The van der Waals surface area contributed by atoms with Gasteiger partial charge in [-0.05, 0) is 42.5 Å². The first-order valence-corrected chi connectivity index (χ1v) is 9.48. The Kier molecular flexibility index (Phi) is 6.36. The molecule has 0 saturated carbocycles. The third kappa shape index (κ3) is 5.03. The van der Waals surface area contributed by atoms with Crippen LogP contribution in [-0.2, 0) is 22.3 Å². The Morgan fingerprint density at radius 2 is 2.03 bits per heavy atom. The quantitative estimate of drug-likeness (QED) is 0.704. The molecule has 3 rings (SSSR count). The van der Waals surface area contributed by atoms with Crippen LogP contribution >= 0.6 is 0 Å². The van der Waals surface area contributed by atoms with Gasteiger partial charge in [0, 0.05) is 5.69 Å². The summed E-state index contributed by atoms with van der Waals surface area (Å²) in [6.07, 6.45) is -4.35. The maximum Gasteiger partial charge on any atom is 0.416 e. The highest BCUT2D eigenvalue weighted by molar-refractivity contribution is 5.69. The SMILES string of the molecule is CCOC(=O)Cn1nnnc1[C@H](C)[NH+]1CCN(c2cccc(C(F)(F)F)c2)CC1. The number of hydrogen-bond acceptors (Lipinski definition) is 6. The van der Waals surface area contributed by atoms with Crippen LogP contribution in [0.3, 0.4) is 0 Å². The van der Waals surface area contributed by atoms with Crippen LogP contribution in [0.15, 0.2) is 24.3 Å². The van der Waals surface area contributed by atoms with Crippen LogP contribution in [0.2, 0.25) is 0 Å². The van der Waals surface area contributed by atoms with Gasteiger partial charge in [0.15, 0.2) is 0 Å². The first kappa shape index (κ1) is 21.0. The van der Waals surface area contributed by atoms with Crippen molar-refractivity contribution in [2.24, 2.45) is 0 Å². The molecular weight excluding hydrogens is 389 g/mol. The topological polar surface area (TPSA) is 77.6 Å². The van der Waals surface area contributed by atoms with Crippen LogP contribution in [0.4, 0.5) is 18.9 Å². The van der Waals surface area contributed by atoms with Crippen LogP contribution in [0.25, 0.3) is 0 Å². The zero-order valence-corrected chi connectivity index (χ0v) is 16.3. The van der Waals surface area contributed by atoms with E-state index in [0.717, 1.165) is 6.07 Å². The molecule has 29 heavy (non-hydrogen) atoms. The number of quaternary nitrogens is 1. The van der Waals surface area contributed by atoms with E-state index < -0.39 is 17.7 Å². The molecule has 1 fully saturated rings. The number of piperazine rings is 1. The number of aromatic nitrogens is 4. The van der Waals surface area contributed by atoms with Gasteiger partial charge < -0.3 is 14.5 Å². The molecule has 1 aromatic heterocycles. The summed E-state index contributed by atoms with van der Waals surface area (Å²) in [5.41, 5.74) is -0.0741. The number of carbonyl (C=O) groups is 1. The zero-order valence-electron chi connectivity index (χ0n) is 16.3. The number of esters is 1. The molecule has 0 aliphatic carbocycles. The molecule has 1 saturated heterocycles. The molecule has 2 aromatic rings. The van der Waals surface area contributed by atoms with Gasteiger partial charge in [0.2, 0.25) is 5.82 Å². The second kappa shape index (κ2) is 8.76. The third-order valence-corrected chi connectivity index (χ3v) is 5.09. The Hall–Kier alpha value is -2.69. The normalized spacial score (nSPS) is 16.7. The number of anilines is 1. The fourth-order valence-electron chi connectivity index (χ4n) is 3.51. The third-order valence-electron chi connectivity index (χ3n) is 5.09. The number of rotatable bonds is 6. The van der Waals surface area contributed by atoms with Gasteiger partial charge in [-0.15, -0.1) is 5.10 Å². The molecule has 11 heteroatoms. The van der Waals surface area contributed by atoms with E-state index in [1.54, 1.807) is 13.0 Å². The van der Waals surface area contributed by atoms with Crippen molar-refractivity contribution in [2.45, 2.75) is 32.6 Å². The highest BCUT2D eigenvalue weighted by Crippen LogP contribution is 2.31. The van der Waals surface area contributed by atoms with E-state index in [-0.39, 0.29) is 19.2 Å². The molecule has 0 radical (unpaired) electrons. The molecule has 0 spiro atoms. The monoisotopic (exact) mass is 413 g/mol. The van der Waals surface area contributed by atoms with E-state index in [4.69, 9.17) is 4.74 Å². The molecule has 0 amide bonds. The number of nitrogens with zero attached hydrogens (tertiary/aromatic N) is 5. The zero-order chi connectivity index (χ0) is 21.0. The van der Waals surface area contributed by atoms with E-state index in [1.165, 1.54) is 21.7 Å². The minimum Gasteiger partial charge on any atom is -0.465 e. The van der Waals surface area contributed by atoms with Crippen LogP contribution in [0, 0.1) is 0 Å². The van der Waals surface area contributed by atoms with Crippen molar-refractivity contribution in [1.82, 2.24) is 20.2 Å². The Balaban J connectivity index is 1.63. The van der Waals surface area contributed by atoms with Crippen molar-refractivity contribution in [3.63, 3.8) is 0 Å². The number of ether oxygens (including phenoxy) is 1. The van der Waals surface area contributed by atoms with Crippen molar-refractivity contribution >= 4 is 11.7 Å². The van der Waals surface area contributed by atoms with Crippen molar-refractivity contribution in [3.8, 4) is 0 Å². The van der Waals surface area contributed by atoms with Gasteiger partial charge in [0.05, 0.1) is 38.3 Å². The molecule has 1 N–H and O–H groups in total. The summed E-state index contributed by atoms with van der Waals surface area (Å²) < 4.78 is 45.3. The summed E-state index contributed by atoms with van der Waals surface area (Å²) >= 11 is 0. The van der Waals surface area contributed by atoms with Crippen molar-refractivity contribution in [3.05, 3.63) is 35.7 Å². The lowest BCUT2D eigenvalue weighted by Crippen LogP contribution is -3.14. The standard InChI is InChI=1S/C18H23F3N6O2/c1-3-29-16(28)12-27-17(22-23-24-27)13(2)25-7-9-26(10-8-25)15-6-4-5-14(11-15)18(19,20)21/h4-6,11,13H,3,7-10,12H2,1-2H3/p+1/t13-/m0/s1. The maximum atomic E-state index is 13.0. The van der Waals surface area contributed by atoms with Gasteiger partial charge in [-0.25, -0.2) is 4.68 Å². The number of nitrogens with one attached hydrogen (secondary N) is 1. The lowest BCUT2D eigenvalue weighted by Gasteiger charge is -2.36. The van der Waals surface area contributed by atoms with Gasteiger partial charge >= 0.3 is 12.1 Å². The Labute approximate surface area is 166 Å². The Bertz CT molecular complexity index is 833. The highest BCUT2D eigenvalue weighted by Gasteiger charge is 2.33. The van der Waals surface area contributed by atoms with Crippen molar-refractivity contribution < 1.29 is 27.6 Å². The minimum atomic E-state index is -4.35. The predicted molar refractivity (Wildman–Crippen MR) is 97.2 cm³/mol. The lowest BCUT2D eigenvalue weighted by molar-refractivity contribution is -0.931. The first-order valence-electron chi connectivity index (χ1n) is 9.48. The lowest BCUT2D eigenvalue weighted by atomic mass is 10.1. The maximum absolute atomic E-state index is 13.0. The molecule has 158 valence electrons. The first-order chi connectivity index (χ1) is 13.8. The fourth-order valence-corrected chi connectivity index (χ4v) is 3.51. The number of halogens is 3. The largest absolute Gasteiger partial charge is 0.465 e. The average molecular weight is 413 g/mol. The Morgan fingerprint density at radius 1 is 1.31 bits per heavy atom. The van der Waals surface area contributed by atoms with E-state index in [9.17, 15) is 18.0 Å². The summed E-state index contributed by atoms with van der Waals surface area (Å²) in [5.74, 6) is 0.179. The molecule has 8 nitrogen and oxygen atoms in total. The van der Waals surface area contributed by atoms with Crippen molar-refractivity contribution in [1.29, 1.82) is 0 Å². The predicted octanol–water partition coefficient (Wildman–Crippen LogP) is 0.721. The highest BCUT2D eigenvalue weighted by atomic mass is 19.4. The molecule has 1 atom stereocenters. The van der Waals surface area contributed by atoms with Gasteiger partial charge in [0.1, 0.15) is 12.6 Å². The van der Waals surface area contributed by atoms with Gasteiger partial charge in [-0.2, -0.15) is 13.2 Å².